The number of likely N-dealkylation sites (N-methyl/N-ethyl adjacent to an activating group) is 1. The Balaban J connectivity index is 0.819. The number of imidazole rings is 1. The molecule has 1 saturated heterocycles. The van der Waals surface area contributed by atoms with E-state index in [0.717, 1.165) is 28.8 Å². The van der Waals surface area contributed by atoms with Crippen LogP contribution in [0.5, 0.6) is 5.75 Å². The maximum atomic E-state index is 14.2. The number of carbonyl (C=O) groups excluding carboxylic acids is 5. The number of nitrogens with zero attached hydrogens (tertiary/aromatic N) is 4. The van der Waals surface area contributed by atoms with E-state index in [-0.39, 0.29) is 60.8 Å². The first kappa shape index (κ1) is 43.4. The van der Waals surface area contributed by atoms with E-state index in [1.807, 2.05) is 24.1 Å². The van der Waals surface area contributed by atoms with Gasteiger partial charge in [-0.1, -0.05) is 12.1 Å². The number of rotatable bonds is 18. The summed E-state index contributed by atoms with van der Waals surface area (Å²) < 4.78 is 78.3. The van der Waals surface area contributed by atoms with Gasteiger partial charge < -0.3 is 23.8 Å². The molecule has 324 valence electrons. The summed E-state index contributed by atoms with van der Waals surface area (Å²) in [6.07, 6.45) is -4.54. The Bertz CT molecular complexity index is 2510. The Morgan fingerprint density at radius 2 is 1.55 bits per heavy atom. The van der Waals surface area contributed by atoms with Gasteiger partial charge in [0.05, 0.1) is 73.1 Å². The maximum Gasteiger partial charge on any atom is 0.416 e. The summed E-state index contributed by atoms with van der Waals surface area (Å²) in [5, 5.41) is 4.76. The van der Waals surface area contributed by atoms with Gasteiger partial charge in [-0.3, -0.25) is 44.1 Å². The van der Waals surface area contributed by atoms with Crippen molar-refractivity contribution in [3.63, 3.8) is 0 Å². The lowest BCUT2D eigenvalue weighted by Crippen LogP contribution is -2.54. The second-order valence-electron chi connectivity index (χ2n) is 14.2. The van der Waals surface area contributed by atoms with Crippen LogP contribution in [0, 0.1) is 5.82 Å². The van der Waals surface area contributed by atoms with Crippen molar-refractivity contribution in [2.75, 3.05) is 70.1 Å². The molecule has 7 rings (SSSR count). The average molecular weight is 861 g/mol. The predicted molar refractivity (Wildman–Crippen MR) is 215 cm³/mol. The molecule has 0 aliphatic carbocycles. The van der Waals surface area contributed by atoms with E-state index in [0.29, 0.717) is 49.9 Å². The lowest BCUT2D eigenvalue weighted by Gasteiger charge is -2.27. The molecular weight excluding hydrogens is 820 g/mol. The first-order chi connectivity index (χ1) is 29.8. The van der Waals surface area contributed by atoms with E-state index in [9.17, 15) is 41.5 Å². The van der Waals surface area contributed by atoms with Crippen LogP contribution in [0.1, 0.15) is 49.5 Å². The molecule has 4 aromatic carbocycles. The number of hydrogen-bond acceptors (Lipinski definition) is 11. The number of carbonyl (C=O) groups is 5. The van der Waals surface area contributed by atoms with Gasteiger partial charge in [0, 0.05) is 37.3 Å². The highest BCUT2D eigenvalue weighted by Gasteiger charge is 2.44. The average Bonchev–Trinajstić information content (AvgIpc) is 3.72. The van der Waals surface area contributed by atoms with Crippen molar-refractivity contribution >= 4 is 52.2 Å². The summed E-state index contributed by atoms with van der Waals surface area (Å²) >= 11 is 0. The van der Waals surface area contributed by atoms with Gasteiger partial charge >= 0.3 is 6.18 Å². The first-order valence-corrected chi connectivity index (χ1v) is 19.5. The van der Waals surface area contributed by atoms with Gasteiger partial charge in [0.15, 0.2) is 0 Å². The van der Waals surface area contributed by atoms with Crippen molar-refractivity contribution < 1.29 is 60.5 Å². The number of ether oxygens (including phenoxy) is 4. The van der Waals surface area contributed by atoms with Crippen LogP contribution in [0.25, 0.3) is 16.7 Å². The second-order valence-corrected chi connectivity index (χ2v) is 14.2. The van der Waals surface area contributed by atoms with E-state index < -0.39 is 53.1 Å². The summed E-state index contributed by atoms with van der Waals surface area (Å²) in [5.74, 6) is -3.37. The van der Waals surface area contributed by atoms with E-state index in [1.54, 1.807) is 22.8 Å². The number of fused-ring (bicyclic) bond motifs is 2. The van der Waals surface area contributed by atoms with Gasteiger partial charge in [-0.2, -0.15) is 13.2 Å². The third kappa shape index (κ3) is 9.91. The number of amides is 5. The lowest BCUT2D eigenvalue weighted by atomic mass is 10.0. The highest BCUT2D eigenvalue weighted by atomic mass is 19.4. The molecule has 0 radical (unpaired) electrons. The molecule has 1 atom stereocenters. The predicted octanol–water partition coefficient (Wildman–Crippen LogP) is 5.40. The standard InChI is InChI=1S/C43H40F4N6O9/c1-51(29-6-3-7-30(24-29)52-35-11-8-28(44)23-34(35)48-42(52)50-38(55)26-4-2-5-27(22-26)43(45,46)47)14-15-59-16-17-60-18-19-61-20-21-62-31-9-10-32-33(25-31)41(58)53(40(32)57)36-12-13-37(54)49-39(36)56/h2-11,22-25,36H,12-21H2,1H3,(H,48,50,55)(H,49,54,56). The largest absolute Gasteiger partial charge is 0.491 e. The number of halogens is 4. The van der Waals surface area contributed by atoms with Gasteiger partial charge in [0.1, 0.15) is 24.2 Å². The van der Waals surface area contributed by atoms with Crippen molar-refractivity contribution in [2.24, 2.45) is 0 Å². The Labute approximate surface area is 351 Å². The molecule has 62 heavy (non-hydrogen) atoms. The van der Waals surface area contributed by atoms with Crippen molar-refractivity contribution in [1.82, 2.24) is 19.8 Å². The third-order valence-electron chi connectivity index (χ3n) is 10.0. The molecular formula is C43H40F4N6O9. The summed E-state index contributed by atoms with van der Waals surface area (Å²) in [5.41, 5.74) is 1.11. The van der Waals surface area contributed by atoms with E-state index in [4.69, 9.17) is 18.9 Å². The van der Waals surface area contributed by atoms with Crippen molar-refractivity contribution in [3.8, 4) is 11.4 Å². The fraction of sp³-hybridized carbons (Fsp3) is 0.302. The zero-order chi connectivity index (χ0) is 44.0. The van der Waals surface area contributed by atoms with Crippen LogP contribution in [0.2, 0.25) is 0 Å². The second kappa shape index (κ2) is 18.9. The number of piperidine rings is 1. The minimum atomic E-state index is -4.64. The number of benzene rings is 4. The van der Waals surface area contributed by atoms with Crippen LogP contribution in [0.4, 0.5) is 29.2 Å². The number of imide groups is 2. The number of nitrogens with one attached hydrogen (secondary N) is 2. The third-order valence-corrected chi connectivity index (χ3v) is 10.0. The van der Waals surface area contributed by atoms with Crippen molar-refractivity contribution in [3.05, 3.63) is 113 Å². The fourth-order valence-electron chi connectivity index (χ4n) is 6.91. The van der Waals surface area contributed by atoms with E-state index in [2.05, 4.69) is 15.6 Å². The van der Waals surface area contributed by atoms with Crippen LogP contribution in [-0.4, -0.2) is 110 Å². The summed E-state index contributed by atoms with van der Waals surface area (Å²) in [7, 11) is 1.86. The topological polar surface area (TPSA) is 171 Å². The molecule has 0 spiro atoms. The molecule has 1 aromatic heterocycles. The molecule has 2 aliphatic heterocycles. The number of aromatic nitrogens is 2. The Morgan fingerprint density at radius 1 is 0.839 bits per heavy atom. The molecule has 15 nitrogen and oxygen atoms in total. The number of alkyl halides is 3. The van der Waals surface area contributed by atoms with Crippen LogP contribution in [0.15, 0.2) is 84.9 Å². The molecule has 2 aliphatic rings. The molecule has 1 fully saturated rings. The fourth-order valence-corrected chi connectivity index (χ4v) is 6.91. The molecule has 0 saturated carbocycles. The van der Waals surface area contributed by atoms with Crippen molar-refractivity contribution in [1.29, 1.82) is 0 Å². The summed E-state index contributed by atoms with van der Waals surface area (Å²) in [6.45, 7) is 2.49. The lowest BCUT2D eigenvalue weighted by molar-refractivity contribution is -0.138. The van der Waals surface area contributed by atoms with E-state index in [1.165, 1.54) is 36.4 Å². The summed E-state index contributed by atoms with van der Waals surface area (Å²) in [4.78, 5) is 70.0. The first-order valence-electron chi connectivity index (χ1n) is 19.5. The Hall–Kier alpha value is -6.70. The molecule has 5 aromatic rings. The quantitative estimate of drug-likeness (QED) is 0.0657. The summed E-state index contributed by atoms with van der Waals surface area (Å²) in [6, 6.07) is 18.6. The molecule has 0 bridgehead atoms. The molecule has 2 N–H and O–H groups in total. The van der Waals surface area contributed by atoms with Gasteiger partial charge in [-0.05, 0) is 73.2 Å². The molecule has 19 heteroatoms. The van der Waals surface area contributed by atoms with E-state index >= 15 is 0 Å². The smallest absolute Gasteiger partial charge is 0.416 e. The van der Waals surface area contributed by atoms with Gasteiger partial charge in [-0.25, -0.2) is 9.37 Å². The number of hydrogen-bond donors (Lipinski definition) is 2. The number of anilines is 2. The SMILES string of the molecule is CN(CCOCCOCCOCCOc1ccc2c(c1)C(=O)N(C1CCC(=O)NC1=O)C2=O)c1cccc(-n2c(NC(=O)c3cccc(C(F)(F)F)c3)nc3cc(F)ccc32)c1. The van der Waals surface area contributed by atoms with Gasteiger partial charge in [0.2, 0.25) is 17.8 Å². The Morgan fingerprint density at radius 3 is 2.29 bits per heavy atom. The molecule has 5 amide bonds. The minimum absolute atomic E-state index is 0.00830. The molecule has 1 unspecified atom stereocenters. The minimum Gasteiger partial charge on any atom is -0.491 e. The van der Waals surface area contributed by atoms with Crippen LogP contribution in [-0.2, 0) is 30.0 Å². The van der Waals surface area contributed by atoms with Crippen LogP contribution in [0.3, 0.4) is 0 Å². The molecule has 3 heterocycles. The van der Waals surface area contributed by atoms with Crippen LogP contribution < -0.4 is 20.3 Å². The zero-order valence-corrected chi connectivity index (χ0v) is 33.2. The maximum absolute atomic E-state index is 14.2. The Kier molecular flexibility index (Phi) is 13.2. The normalized spacial score (nSPS) is 15.2. The van der Waals surface area contributed by atoms with Crippen LogP contribution >= 0.6 is 0 Å². The van der Waals surface area contributed by atoms with Gasteiger partial charge in [0.25, 0.3) is 17.7 Å². The highest BCUT2D eigenvalue weighted by Crippen LogP contribution is 2.32. The zero-order valence-electron chi connectivity index (χ0n) is 33.2. The monoisotopic (exact) mass is 860 g/mol. The van der Waals surface area contributed by atoms with Crippen molar-refractivity contribution in [2.45, 2.75) is 25.1 Å². The highest BCUT2D eigenvalue weighted by molar-refractivity contribution is 6.23. The van der Waals surface area contributed by atoms with Gasteiger partial charge in [-0.15, -0.1) is 0 Å².